The summed E-state index contributed by atoms with van der Waals surface area (Å²) in [5.74, 6) is 0.822. The number of ether oxygens (including phenoxy) is 2. The number of hydrogen-bond acceptors (Lipinski definition) is 5. The first-order valence-electron chi connectivity index (χ1n) is 8.98. The molecule has 4 rings (SSSR count). The highest BCUT2D eigenvalue weighted by Crippen LogP contribution is 2.35. The Morgan fingerprint density at radius 1 is 0.828 bits per heavy atom. The van der Waals surface area contributed by atoms with Gasteiger partial charge in [0.05, 0.1) is 25.4 Å². The lowest BCUT2D eigenvalue weighted by Crippen LogP contribution is -2.10. The predicted molar refractivity (Wildman–Crippen MR) is 112 cm³/mol. The molecule has 1 aromatic heterocycles. The maximum Gasteiger partial charge on any atom is 0.248 e. The fourth-order valence-electron chi connectivity index (χ4n) is 3.30. The fourth-order valence-corrected chi connectivity index (χ4v) is 3.30. The van der Waals surface area contributed by atoms with E-state index in [2.05, 4.69) is 9.97 Å². The number of nitrogens with two attached hydrogens (primary N) is 1. The van der Waals surface area contributed by atoms with Crippen LogP contribution in [0.25, 0.3) is 33.3 Å². The van der Waals surface area contributed by atoms with Crippen LogP contribution in [-0.4, -0.2) is 30.1 Å². The maximum atomic E-state index is 11.5. The lowest BCUT2D eigenvalue weighted by molar-refractivity contribution is 0.100. The molecule has 0 spiro atoms. The number of carbonyl (C=O) groups excluding carboxylic acids is 1. The van der Waals surface area contributed by atoms with Crippen molar-refractivity contribution in [2.24, 2.45) is 5.73 Å². The zero-order valence-corrected chi connectivity index (χ0v) is 16.0. The number of amides is 1. The molecule has 4 aromatic rings. The van der Waals surface area contributed by atoms with Crippen LogP contribution in [0, 0.1) is 0 Å². The number of aromatic nitrogens is 2. The Bertz CT molecular complexity index is 1220. The quantitative estimate of drug-likeness (QED) is 0.559. The normalized spacial score (nSPS) is 10.7. The molecule has 0 aliphatic heterocycles. The number of primary amides is 1. The molecule has 0 bridgehead atoms. The molecule has 0 saturated heterocycles. The standard InChI is InChI=1S/C23H19N3O3/c1-28-20-9-7-16(12-21(20)29-2)22-18-11-15(6-8-19(18)25-13-26-22)14-4-3-5-17(10-14)23(24)27/h3-13H,1-2H3,(H2,24,27). The van der Waals surface area contributed by atoms with Crippen molar-refractivity contribution in [3.05, 3.63) is 72.6 Å². The third-order valence-electron chi connectivity index (χ3n) is 4.77. The minimum Gasteiger partial charge on any atom is -0.493 e. The van der Waals surface area contributed by atoms with E-state index in [0.717, 1.165) is 33.3 Å². The fraction of sp³-hybridized carbons (Fsp3) is 0.0870. The van der Waals surface area contributed by atoms with Crippen molar-refractivity contribution < 1.29 is 14.3 Å². The highest BCUT2D eigenvalue weighted by atomic mass is 16.5. The van der Waals surface area contributed by atoms with E-state index < -0.39 is 5.91 Å². The van der Waals surface area contributed by atoms with Gasteiger partial charge in [-0.3, -0.25) is 4.79 Å². The maximum absolute atomic E-state index is 11.5. The summed E-state index contributed by atoms with van der Waals surface area (Å²) in [4.78, 5) is 20.4. The first-order valence-corrected chi connectivity index (χ1v) is 8.98. The molecule has 0 atom stereocenters. The second kappa shape index (κ2) is 7.59. The Morgan fingerprint density at radius 2 is 1.59 bits per heavy atom. The van der Waals surface area contributed by atoms with Crippen molar-refractivity contribution in [1.82, 2.24) is 9.97 Å². The van der Waals surface area contributed by atoms with E-state index in [-0.39, 0.29) is 0 Å². The molecule has 144 valence electrons. The molecule has 1 amide bonds. The van der Waals surface area contributed by atoms with Crippen LogP contribution < -0.4 is 15.2 Å². The molecule has 0 saturated carbocycles. The minimum atomic E-state index is -0.456. The zero-order valence-electron chi connectivity index (χ0n) is 16.0. The summed E-state index contributed by atoms with van der Waals surface area (Å²) < 4.78 is 10.8. The number of nitrogens with zero attached hydrogens (tertiary/aromatic N) is 2. The van der Waals surface area contributed by atoms with E-state index in [1.807, 2.05) is 48.5 Å². The van der Waals surface area contributed by atoms with E-state index >= 15 is 0 Å². The molecule has 6 nitrogen and oxygen atoms in total. The summed E-state index contributed by atoms with van der Waals surface area (Å²) in [7, 11) is 3.20. The van der Waals surface area contributed by atoms with E-state index in [9.17, 15) is 4.79 Å². The molecule has 29 heavy (non-hydrogen) atoms. The Hall–Kier alpha value is -3.93. The molecule has 0 aliphatic rings. The van der Waals surface area contributed by atoms with Gasteiger partial charge in [-0.25, -0.2) is 9.97 Å². The molecule has 0 aliphatic carbocycles. The molecular weight excluding hydrogens is 366 g/mol. The average Bonchev–Trinajstić information content (AvgIpc) is 2.77. The summed E-state index contributed by atoms with van der Waals surface area (Å²) in [5, 5.41) is 0.890. The van der Waals surface area contributed by atoms with Gasteiger partial charge in [-0.2, -0.15) is 0 Å². The van der Waals surface area contributed by atoms with Crippen molar-refractivity contribution >= 4 is 16.8 Å². The minimum absolute atomic E-state index is 0.456. The van der Waals surface area contributed by atoms with Crippen LogP contribution in [0.3, 0.4) is 0 Å². The molecule has 1 heterocycles. The first kappa shape index (κ1) is 18.4. The highest BCUT2D eigenvalue weighted by Gasteiger charge is 2.12. The van der Waals surface area contributed by atoms with Gasteiger partial charge in [-0.1, -0.05) is 18.2 Å². The van der Waals surface area contributed by atoms with Crippen LogP contribution in [0.4, 0.5) is 0 Å². The van der Waals surface area contributed by atoms with Crippen LogP contribution in [0.2, 0.25) is 0 Å². The smallest absolute Gasteiger partial charge is 0.248 e. The number of rotatable bonds is 5. The Labute approximate surface area is 167 Å². The van der Waals surface area contributed by atoms with Gasteiger partial charge < -0.3 is 15.2 Å². The second-order valence-electron chi connectivity index (χ2n) is 6.47. The van der Waals surface area contributed by atoms with Gasteiger partial charge in [0.25, 0.3) is 0 Å². The van der Waals surface area contributed by atoms with Crippen LogP contribution in [0.15, 0.2) is 67.0 Å². The van der Waals surface area contributed by atoms with Gasteiger partial charge in [-0.15, -0.1) is 0 Å². The Balaban J connectivity index is 1.88. The van der Waals surface area contributed by atoms with Crippen molar-refractivity contribution in [2.45, 2.75) is 0 Å². The SMILES string of the molecule is COc1ccc(-c2ncnc3ccc(-c4cccc(C(N)=O)c4)cc23)cc1OC. The van der Waals surface area contributed by atoms with Gasteiger partial charge in [-0.05, 0) is 53.6 Å². The van der Waals surface area contributed by atoms with Gasteiger partial charge in [0.2, 0.25) is 5.91 Å². The third kappa shape index (κ3) is 3.48. The van der Waals surface area contributed by atoms with Gasteiger partial charge in [0, 0.05) is 16.5 Å². The summed E-state index contributed by atoms with van der Waals surface area (Å²) in [5.41, 5.74) is 10.2. The highest BCUT2D eigenvalue weighted by molar-refractivity contribution is 5.97. The predicted octanol–water partition coefficient (Wildman–Crippen LogP) is 4.08. The van der Waals surface area contributed by atoms with Crippen molar-refractivity contribution in [3.8, 4) is 33.9 Å². The van der Waals surface area contributed by atoms with Crippen LogP contribution in [-0.2, 0) is 0 Å². The number of hydrogen-bond donors (Lipinski definition) is 1. The molecule has 0 radical (unpaired) electrons. The van der Waals surface area contributed by atoms with E-state index in [0.29, 0.717) is 17.1 Å². The summed E-state index contributed by atoms with van der Waals surface area (Å²) in [6.45, 7) is 0. The molecule has 0 unspecified atom stereocenters. The largest absolute Gasteiger partial charge is 0.493 e. The molecule has 0 fully saturated rings. The lowest BCUT2D eigenvalue weighted by Gasteiger charge is -2.11. The van der Waals surface area contributed by atoms with E-state index in [1.165, 1.54) is 0 Å². The van der Waals surface area contributed by atoms with Crippen molar-refractivity contribution in [2.75, 3.05) is 14.2 Å². The topological polar surface area (TPSA) is 87.3 Å². The lowest BCUT2D eigenvalue weighted by atomic mass is 9.99. The molecule has 6 heteroatoms. The van der Waals surface area contributed by atoms with E-state index in [1.54, 1.807) is 32.7 Å². The number of methoxy groups -OCH3 is 2. The summed E-state index contributed by atoms with van der Waals surface area (Å²) in [6, 6.07) is 18.8. The Morgan fingerprint density at radius 3 is 2.34 bits per heavy atom. The molecule has 3 aromatic carbocycles. The van der Waals surface area contributed by atoms with Gasteiger partial charge >= 0.3 is 0 Å². The van der Waals surface area contributed by atoms with Gasteiger partial charge in [0.1, 0.15) is 6.33 Å². The van der Waals surface area contributed by atoms with E-state index in [4.69, 9.17) is 15.2 Å². The van der Waals surface area contributed by atoms with Gasteiger partial charge in [0.15, 0.2) is 11.5 Å². The average molecular weight is 385 g/mol. The van der Waals surface area contributed by atoms with Crippen LogP contribution in [0.5, 0.6) is 11.5 Å². The zero-order chi connectivity index (χ0) is 20.4. The monoisotopic (exact) mass is 385 g/mol. The number of carbonyl (C=O) groups is 1. The Kier molecular flexibility index (Phi) is 4.83. The van der Waals surface area contributed by atoms with Crippen molar-refractivity contribution in [1.29, 1.82) is 0 Å². The second-order valence-corrected chi connectivity index (χ2v) is 6.47. The van der Waals surface area contributed by atoms with Crippen molar-refractivity contribution in [3.63, 3.8) is 0 Å². The number of benzene rings is 3. The third-order valence-corrected chi connectivity index (χ3v) is 4.77. The van der Waals surface area contributed by atoms with Crippen LogP contribution >= 0.6 is 0 Å². The summed E-state index contributed by atoms with van der Waals surface area (Å²) >= 11 is 0. The number of fused-ring (bicyclic) bond motifs is 1. The molecule has 2 N–H and O–H groups in total. The molecular formula is C23H19N3O3. The first-order chi connectivity index (χ1) is 14.1. The van der Waals surface area contributed by atoms with Crippen LogP contribution in [0.1, 0.15) is 10.4 Å². The summed E-state index contributed by atoms with van der Waals surface area (Å²) in [6.07, 6.45) is 1.54.